The second kappa shape index (κ2) is 8.82. The fraction of sp³-hybridized carbons (Fsp3) is 0.571. The molecule has 3 rings (SSSR count). The summed E-state index contributed by atoms with van der Waals surface area (Å²) < 4.78 is 4.74. The molecule has 8 nitrogen and oxygen atoms in total. The molecule has 2 N–H and O–H groups in total. The summed E-state index contributed by atoms with van der Waals surface area (Å²) in [5.41, 5.74) is 7.62. The molecule has 1 unspecified atom stereocenters. The minimum Gasteiger partial charge on any atom is -0.341 e. The Bertz CT molecular complexity index is 1040. The second-order valence-electron chi connectivity index (χ2n) is 8.05. The molecule has 158 valence electrons. The summed E-state index contributed by atoms with van der Waals surface area (Å²) in [7, 11) is 1.68. The van der Waals surface area contributed by atoms with Gasteiger partial charge in [-0.15, -0.1) is 6.58 Å². The first-order valence-electron chi connectivity index (χ1n) is 10.3. The minimum atomic E-state index is -0.333. The van der Waals surface area contributed by atoms with Crippen LogP contribution >= 0.6 is 0 Å². The van der Waals surface area contributed by atoms with Crippen molar-refractivity contribution < 1.29 is 0 Å². The number of nitrogens with two attached hydrogens (primary N) is 1. The molecule has 1 aliphatic heterocycles. The van der Waals surface area contributed by atoms with Gasteiger partial charge in [-0.25, -0.2) is 4.79 Å². The monoisotopic (exact) mass is 400 g/mol. The summed E-state index contributed by atoms with van der Waals surface area (Å²) in [6.07, 6.45) is 7.28. The van der Waals surface area contributed by atoms with Crippen molar-refractivity contribution in [2.45, 2.75) is 58.7 Å². The lowest BCUT2D eigenvalue weighted by molar-refractivity contribution is 0.495. The Hall–Kier alpha value is -2.61. The maximum absolute atomic E-state index is 13.3. The molecule has 3 heterocycles. The summed E-state index contributed by atoms with van der Waals surface area (Å²) in [5.74, 6) is 0.712. The maximum Gasteiger partial charge on any atom is 0.332 e. The van der Waals surface area contributed by atoms with Crippen LogP contribution in [-0.2, 0) is 20.1 Å². The summed E-state index contributed by atoms with van der Waals surface area (Å²) in [5, 5.41) is 0. The Kier molecular flexibility index (Phi) is 6.42. The van der Waals surface area contributed by atoms with Gasteiger partial charge >= 0.3 is 5.69 Å². The lowest BCUT2D eigenvalue weighted by Crippen LogP contribution is -2.44. The number of anilines is 1. The molecule has 0 saturated carbocycles. The highest BCUT2D eigenvalue weighted by molar-refractivity contribution is 5.74. The molecule has 1 aliphatic rings. The average Bonchev–Trinajstić information content (AvgIpc) is 3.07. The molecule has 0 aliphatic carbocycles. The zero-order chi connectivity index (χ0) is 21.1. The smallest absolute Gasteiger partial charge is 0.332 e. The number of hydrogen-bond acceptors (Lipinski definition) is 5. The van der Waals surface area contributed by atoms with E-state index in [0.29, 0.717) is 43.2 Å². The van der Waals surface area contributed by atoms with Crippen LogP contribution in [0.4, 0.5) is 5.95 Å². The van der Waals surface area contributed by atoms with Crippen LogP contribution in [0.1, 0.15) is 39.5 Å². The van der Waals surface area contributed by atoms with E-state index in [9.17, 15) is 9.59 Å². The minimum absolute atomic E-state index is 0.0832. The summed E-state index contributed by atoms with van der Waals surface area (Å²) >= 11 is 0. The van der Waals surface area contributed by atoms with Crippen LogP contribution in [0.5, 0.6) is 0 Å². The van der Waals surface area contributed by atoms with Crippen molar-refractivity contribution in [2.24, 2.45) is 12.8 Å². The van der Waals surface area contributed by atoms with E-state index in [1.165, 1.54) is 9.13 Å². The number of unbranched alkanes of at least 4 members (excludes halogenated alkanes) is 1. The zero-order valence-electron chi connectivity index (χ0n) is 17.7. The van der Waals surface area contributed by atoms with Gasteiger partial charge in [-0.05, 0) is 39.5 Å². The molecule has 2 aromatic rings. The number of imidazole rings is 1. The van der Waals surface area contributed by atoms with E-state index >= 15 is 0 Å². The average molecular weight is 401 g/mol. The summed E-state index contributed by atoms with van der Waals surface area (Å²) in [6.45, 7) is 10.2. The molecule has 1 saturated heterocycles. The highest BCUT2D eigenvalue weighted by atomic mass is 16.2. The number of nitrogens with zero attached hydrogens (tertiary/aromatic N) is 5. The van der Waals surface area contributed by atoms with Crippen molar-refractivity contribution in [2.75, 3.05) is 18.0 Å². The Morgan fingerprint density at radius 1 is 1.31 bits per heavy atom. The second-order valence-corrected chi connectivity index (χ2v) is 8.05. The van der Waals surface area contributed by atoms with Crippen molar-refractivity contribution in [1.29, 1.82) is 0 Å². The molecule has 29 heavy (non-hydrogen) atoms. The molecule has 0 bridgehead atoms. The molecule has 1 fully saturated rings. The Labute approximate surface area is 170 Å². The Morgan fingerprint density at radius 3 is 2.72 bits per heavy atom. The maximum atomic E-state index is 13.3. The lowest BCUT2D eigenvalue weighted by atomic mass is 10.1. The number of hydrogen-bond donors (Lipinski definition) is 1. The number of aromatic nitrogens is 4. The number of fused-ring (bicyclic) bond motifs is 1. The van der Waals surface area contributed by atoms with Crippen LogP contribution in [0, 0.1) is 0 Å². The number of aryl methyl sites for hydroxylation is 1. The predicted octanol–water partition coefficient (Wildman–Crippen LogP) is 1.76. The van der Waals surface area contributed by atoms with Crippen molar-refractivity contribution in [1.82, 2.24) is 18.7 Å². The third-order valence-corrected chi connectivity index (χ3v) is 5.43. The first-order valence-corrected chi connectivity index (χ1v) is 10.3. The SMILES string of the molecule is C=CCCCn1c(=O)c2c(nc(N3CCCC(N)C3)n2CC=C(C)C)n(C)c1=O. The first kappa shape index (κ1) is 21.1. The number of allylic oxidation sites excluding steroid dienone is 3. The van der Waals surface area contributed by atoms with Gasteiger partial charge in [-0.2, -0.15) is 4.98 Å². The van der Waals surface area contributed by atoms with E-state index in [1.807, 2.05) is 18.4 Å². The zero-order valence-corrected chi connectivity index (χ0v) is 17.7. The van der Waals surface area contributed by atoms with Gasteiger partial charge in [0.15, 0.2) is 11.2 Å². The fourth-order valence-corrected chi connectivity index (χ4v) is 3.83. The van der Waals surface area contributed by atoms with E-state index in [0.717, 1.165) is 31.4 Å². The van der Waals surface area contributed by atoms with Crippen molar-refractivity contribution in [3.8, 4) is 0 Å². The van der Waals surface area contributed by atoms with Crippen LogP contribution in [0.15, 0.2) is 33.9 Å². The normalized spacial score (nSPS) is 17.0. The first-order chi connectivity index (χ1) is 13.8. The van der Waals surface area contributed by atoms with Crippen LogP contribution in [0.2, 0.25) is 0 Å². The van der Waals surface area contributed by atoms with E-state index in [4.69, 9.17) is 10.7 Å². The lowest BCUT2D eigenvalue weighted by Gasteiger charge is -2.31. The molecule has 0 radical (unpaired) electrons. The standard InChI is InChI=1S/C21H32N6O2/c1-5-6-7-12-27-19(28)17-18(24(4)21(27)29)23-20(26(17)13-10-15(2)3)25-11-8-9-16(22)14-25/h5,10,16H,1,6-9,11-14,22H2,2-4H3. The van der Waals surface area contributed by atoms with Crippen LogP contribution in [0.25, 0.3) is 11.2 Å². The topological polar surface area (TPSA) is 91.1 Å². The third-order valence-electron chi connectivity index (χ3n) is 5.43. The van der Waals surface area contributed by atoms with Crippen LogP contribution in [0.3, 0.4) is 0 Å². The van der Waals surface area contributed by atoms with E-state index in [-0.39, 0.29) is 17.3 Å². The van der Waals surface area contributed by atoms with Crippen molar-refractivity contribution in [3.05, 3.63) is 45.1 Å². The molecule has 1 atom stereocenters. The van der Waals surface area contributed by atoms with Crippen LogP contribution in [-0.4, -0.2) is 37.8 Å². The van der Waals surface area contributed by atoms with Gasteiger partial charge in [-0.1, -0.05) is 17.7 Å². The Morgan fingerprint density at radius 2 is 2.07 bits per heavy atom. The molecule has 8 heteroatoms. The highest BCUT2D eigenvalue weighted by Crippen LogP contribution is 2.23. The fourth-order valence-electron chi connectivity index (χ4n) is 3.83. The molecule has 0 spiro atoms. The van der Waals surface area contributed by atoms with Gasteiger partial charge in [0, 0.05) is 39.3 Å². The van der Waals surface area contributed by atoms with Crippen molar-refractivity contribution in [3.63, 3.8) is 0 Å². The largest absolute Gasteiger partial charge is 0.341 e. The molecular formula is C21H32N6O2. The van der Waals surface area contributed by atoms with Crippen LogP contribution < -0.4 is 21.9 Å². The van der Waals surface area contributed by atoms with E-state index in [2.05, 4.69) is 17.6 Å². The van der Waals surface area contributed by atoms with E-state index < -0.39 is 0 Å². The number of rotatable bonds is 7. The van der Waals surface area contributed by atoms with Gasteiger partial charge in [-0.3, -0.25) is 13.9 Å². The van der Waals surface area contributed by atoms with Crippen molar-refractivity contribution >= 4 is 17.1 Å². The van der Waals surface area contributed by atoms with Gasteiger partial charge in [0.1, 0.15) is 0 Å². The molecule has 0 amide bonds. The molecule has 2 aromatic heterocycles. The van der Waals surface area contributed by atoms with E-state index in [1.54, 1.807) is 13.1 Å². The highest BCUT2D eigenvalue weighted by Gasteiger charge is 2.25. The number of piperidine rings is 1. The Balaban J connectivity index is 2.22. The molecular weight excluding hydrogens is 368 g/mol. The molecule has 0 aromatic carbocycles. The third kappa shape index (κ3) is 4.22. The summed E-state index contributed by atoms with van der Waals surface area (Å²) in [6, 6.07) is 0.0832. The van der Waals surface area contributed by atoms with Gasteiger partial charge < -0.3 is 15.2 Å². The predicted molar refractivity (Wildman–Crippen MR) is 118 cm³/mol. The quantitative estimate of drug-likeness (QED) is 0.565. The van der Waals surface area contributed by atoms with Gasteiger partial charge in [0.2, 0.25) is 5.95 Å². The van der Waals surface area contributed by atoms with Gasteiger partial charge in [0.25, 0.3) is 5.56 Å². The van der Waals surface area contributed by atoms with Gasteiger partial charge in [0.05, 0.1) is 0 Å². The summed E-state index contributed by atoms with van der Waals surface area (Å²) in [4.78, 5) is 33.0.